The van der Waals surface area contributed by atoms with Crippen molar-refractivity contribution in [2.24, 2.45) is 0 Å². The van der Waals surface area contributed by atoms with Crippen LogP contribution < -0.4 is 4.74 Å². The predicted molar refractivity (Wildman–Crippen MR) is 51.7 cm³/mol. The molecule has 2 rings (SSSR count). The third-order valence-corrected chi connectivity index (χ3v) is 2.61. The maximum atomic E-state index is 11.2. The zero-order valence-electron chi connectivity index (χ0n) is 8.04. The third-order valence-electron chi connectivity index (χ3n) is 2.61. The Balaban J connectivity index is 2.54. The number of ether oxygens (including phenoxy) is 1. The molecule has 14 heavy (non-hydrogen) atoms. The van der Waals surface area contributed by atoms with E-state index in [2.05, 4.69) is 0 Å². The van der Waals surface area contributed by atoms with E-state index in [1.807, 2.05) is 0 Å². The highest BCUT2D eigenvalue weighted by atomic mass is 16.5. The summed E-state index contributed by atoms with van der Waals surface area (Å²) >= 11 is 0. The molecule has 0 unspecified atom stereocenters. The smallest absolute Gasteiger partial charge is 0.137 e. The number of carbonyl (C=O) groups is 1. The number of phenolic OH excluding ortho intramolecular Hbond substituents is 1. The number of rotatable bonds is 1. The van der Waals surface area contributed by atoms with Gasteiger partial charge in [-0.25, -0.2) is 0 Å². The van der Waals surface area contributed by atoms with Crippen molar-refractivity contribution in [1.29, 1.82) is 0 Å². The summed E-state index contributed by atoms with van der Waals surface area (Å²) in [4.78, 5) is 11.2. The maximum absolute atomic E-state index is 11.2. The topological polar surface area (TPSA) is 46.5 Å². The number of methoxy groups -OCH3 is 1. The molecule has 0 heterocycles. The van der Waals surface area contributed by atoms with E-state index in [-0.39, 0.29) is 11.5 Å². The van der Waals surface area contributed by atoms with Crippen LogP contribution in [0.1, 0.15) is 17.5 Å². The predicted octanol–water partition coefficient (Wildman–Crippen LogP) is 1.46. The van der Waals surface area contributed by atoms with Crippen LogP contribution in [-0.4, -0.2) is 18.0 Å². The minimum atomic E-state index is 0.182. The Morgan fingerprint density at radius 3 is 2.79 bits per heavy atom. The van der Waals surface area contributed by atoms with Gasteiger partial charge in [-0.05, 0) is 18.6 Å². The Kier molecular flexibility index (Phi) is 2.15. The van der Waals surface area contributed by atoms with Crippen LogP contribution in [0, 0.1) is 0 Å². The molecule has 0 aliphatic heterocycles. The molecule has 0 bridgehead atoms. The number of fused-ring (bicyclic) bond motifs is 1. The Hall–Kier alpha value is -1.51. The summed E-state index contributed by atoms with van der Waals surface area (Å²) in [5, 5.41) is 9.59. The second kappa shape index (κ2) is 3.33. The number of phenols is 1. The molecule has 1 aromatic rings. The van der Waals surface area contributed by atoms with Gasteiger partial charge in [-0.2, -0.15) is 0 Å². The van der Waals surface area contributed by atoms with Crippen LogP contribution in [0.2, 0.25) is 0 Å². The molecule has 0 saturated heterocycles. The Labute approximate surface area is 82.3 Å². The first kappa shape index (κ1) is 9.06. The fraction of sp³-hybridized carbons (Fsp3) is 0.364. The number of hydrogen-bond donors (Lipinski definition) is 1. The van der Waals surface area contributed by atoms with Gasteiger partial charge in [-0.3, -0.25) is 4.79 Å². The Bertz CT molecular complexity index is 382. The van der Waals surface area contributed by atoms with Gasteiger partial charge >= 0.3 is 0 Å². The minimum absolute atomic E-state index is 0.182. The summed E-state index contributed by atoms with van der Waals surface area (Å²) in [5.74, 6) is 1.15. The van der Waals surface area contributed by atoms with Crippen LogP contribution in [0.4, 0.5) is 0 Å². The summed E-state index contributed by atoms with van der Waals surface area (Å²) in [7, 11) is 1.60. The van der Waals surface area contributed by atoms with E-state index < -0.39 is 0 Å². The zero-order chi connectivity index (χ0) is 10.1. The minimum Gasteiger partial charge on any atom is -0.508 e. The highest BCUT2D eigenvalue weighted by Gasteiger charge is 2.21. The lowest BCUT2D eigenvalue weighted by Gasteiger charge is -2.18. The SMILES string of the molecule is COc1ccc(O)c2c1CCC(=O)C2. The zero-order valence-corrected chi connectivity index (χ0v) is 8.04. The largest absolute Gasteiger partial charge is 0.508 e. The molecule has 74 valence electrons. The lowest BCUT2D eigenvalue weighted by Crippen LogP contribution is -2.14. The molecule has 0 radical (unpaired) electrons. The van der Waals surface area contributed by atoms with Crippen molar-refractivity contribution in [1.82, 2.24) is 0 Å². The number of hydrogen-bond acceptors (Lipinski definition) is 3. The second-order valence-corrected chi connectivity index (χ2v) is 3.46. The molecule has 1 aliphatic rings. The molecule has 0 saturated carbocycles. The summed E-state index contributed by atoms with van der Waals surface area (Å²) < 4.78 is 5.18. The number of aromatic hydroxyl groups is 1. The van der Waals surface area contributed by atoms with Gasteiger partial charge in [0.15, 0.2) is 0 Å². The molecule has 0 amide bonds. The number of Topliss-reactive ketones (excluding diaryl/α,β-unsaturated/α-hetero) is 1. The quantitative estimate of drug-likeness (QED) is 0.732. The van der Waals surface area contributed by atoms with Gasteiger partial charge in [0.2, 0.25) is 0 Å². The lowest BCUT2D eigenvalue weighted by atomic mass is 9.89. The van der Waals surface area contributed by atoms with Crippen molar-refractivity contribution in [3.05, 3.63) is 23.3 Å². The van der Waals surface area contributed by atoms with Crippen LogP contribution in [-0.2, 0) is 17.6 Å². The van der Waals surface area contributed by atoms with Crippen molar-refractivity contribution in [2.75, 3.05) is 7.11 Å². The highest BCUT2D eigenvalue weighted by Crippen LogP contribution is 2.34. The summed E-state index contributed by atoms with van der Waals surface area (Å²) in [6.45, 7) is 0. The first-order chi connectivity index (χ1) is 6.72. The van der Waals surface area contributed by atoms with Crippen LogP contribution in [0.15, 0.2) is 12.1 Å². The third kappa shape index (κ3) is 1.35. The number of benzene rings is 1. The molecule has 0 spiro atoms. The van der Waals surface area contributed by atoms with Crippen molar-refractivity contribution >= 4 is 5.78 Å². The van der Waals surface area contributed by atoms with Crippen molar-refractivity contribution in [2.45, 2.75) is 19.3 Å². The van der Waals surface area contributed by atoms with Crippen LogP contribution in [0.5, 0.6) is 11.5 Å². The van der Waals surface area contributed by atoms with Crippen LogP contribution >= 0.6 is 0 Å². The maximum Gasteiger partial charge on any atom is 0.137 e. The van der Waals surface area contributed by atoms with Gasteiger partial charge in [-0.1, -0.05) is 0 Å². The molecular formula is C11H12O3. The van der Waals surface area contributed by atoms with E-state index in [1.54, 1.807) is 19.2 Å². The molecule has 0 aromatic heterocycles. The summed E-state index contributed by atoms with van der Waals surface area (Å²) in [5.41, 5.74) is 1.72. The monoisotopic (exact) mass is 192 g/mol. The van der Waals surface area contributed by atoms with Gasteiger partial charge in [0.05, 0.1) is 7.11 Å². The van der Waals surface area contributed by atoms with Crippen LogP contribution in [0.3, 0.4) is 0 Å². The number of ketones is 1. The molecular weight excluding hydrogens is 180 g/mol. The van der Waals surface area contributed by atoms with Gasteiger partial charge in [0.25, 0.3) is 0 Å². The van der Waals surface area contributed by atoms with Gasteiger partial charge < -0.3 is 9.84 Å². The normalized spacial score (nSPS) is 15.1. The van der Waals surface area contributed by atoms with Crippen molar-refractivity contribution in [3.8, 4) is 11.5 Å². The Morgan fingerprint density at radius 2 is 2.07 bits per heavy atom. The summed E-state index contributed by atoms with van der Waals surface area (Å²) in [6, 6.07) is 3.32. The fourth-order valence-corrected chi connectivity index (χ4v) is 1.87. The second-order valence-electron chi connectivity index (χ2n) is 3.46. The molecule has 1 aromatic carbocycles. The van der Waals surface area contributed by atoms with Crippen molar-refractivity contribution < 1.29 is 14.6 Å². The van der Waals surface area contributed by atoms with E-state index in [0.29, 0.717) is 19.3 Å². The molecule has 3 heteroatoms. The van der Waals surface area contributed by atoms with E-state index >= 15 is 0 Å². The average molecular weight is 192 g/mol. The highest BCUT2D eigenvalue weighted by molar-refractivity contribution is 5.84. The summed E-state index contributed by atoms with van der Waals surface area (Å²) in [6.07, 6.45) is 1.55. The molecule has 0 fully saturated rings. The molecule has 3 nitrogen and oxygen atoms in total. The first-order valence-corrected chi connectivity index (χ1v) is 4.62. The van der Waals surface area contributed by atoms with Crippen molar-refractivity contribution in [3.63, 3.8) is 0 Å². The average Bonchev–Trinajstić information content (AvgIpc) is 2.19. The van der Waals surface area contributed by atoms with E-state index in [0.717, 1.165) is 16.9 Å². The van der Waals surface area contributed by atoms with Gasteiger partial charge in [-0.15, -0.1) is 0 Å². The first-order valence-electron chi connectivity index (χ1n) is 4.62. The molecule has 1 N–H and O–H groups in total. The lowest BCUT2D eigenvalue weighted by molar-refractivity contribution is -0.118. The van der Waals surface area contributed by atoms with E-state index in [4.69, 9.17) is 4.74 Å². The van der Waals surface area contributed by atoms with Gasteiger partial charge in [0, 0.05) is 24.0 Å². The number of carbonyl (C=O) groups excluding carboxylic acids is 1. The molecule has 1 aliphatic carbocycles. The van der Waals surface area contributed by atoms with E-state index in [9.17, 15) is 9.90 Å². The van der Waals surface area contributed by atoms with Crippen LogP contribution in [0.25, 0.3) is 0 Å². The van der Waals surface area contributed by atoms with E-state index in [1.165, 1.54) is 0 Å². The Morgan fingerprint density at radius 1 is 1.29 bits per heavy atom. The fourth-order valence-electron chi connectivity index (χ4n) is 1.87. The standard InChI is InChI=1S/C11H12O3/c1-14-11-5-4-10(13)9-6-7(12)2-3-8(9)11/h4-5,13H,2-3,6H2,1H3. The van der Waals surface area contributed by atoms with Gasteiger partial charge in [0.1, 0.15) is 17.3 Å². The molecule has 0 atom stereocenters.